The van der Waals surface area contributed by atoms with Crippen molar-refractivity contribution in [2.45, 2.75) is 0 Å². The normalized spacial score (nSPS) is 11.2. The molecule has 0 unspecified atom stereocenters. The van der Waals surface area contributed by atoms with Gasteiger partial charge in [-0.3, -0.25) is 9.59 Å². The van der Waals surface area contributed by atoms with Crippen molar-refractivity contribution >= 4 is 49.6 Å². The Hall–Kier alpha value is -4.83. The highest BCUT2D eigenvalue weighted by atomic mass is 79.9. The monoisotopic (exact) mass is 583 g/mol. The quantitative estimate of drug-likeness (QED) is 0.260. The molecule has 0 aliphatic carbocycles. The fourth-order valence-corrected chi connectivity index (χ4v) is 4.67. The lowest BCUT2D eigenvalue weighted by atomic mass is 10.1. The van der Waals surface area contributed by atoms with E-state index in [1.165, 1.54) is 16.8 Å². The number of ether oxygens (including phenoxy) is 1. The second kappa shape index (κ2) is 9.80. The number of carbonyl (C=O) groups is 1. The zero-order valence-electron chi connectivity index (χ0n) is 20.4. The van der Waals surface area contributed by atoms with E-state index in [2.05, 4.69) is 31.2 Å². The highest BCUT2D eigenvalue weighted by Crippen LogP contribution is 2.28. The van der Waals surface area contributed by atoms with Crippen molar-refractivity contribution in [2.24, 2.45) is 7.05 Å². The molecule has 10 heteroatoms. The number of pyridine rings is 2. The molecule has 0 radical (unpaired) electrons. The molecule has 0 aliphatic rings. The molecular formula is C29H19BrFN5O3. The van der Waals surface area contributed by atoms with E-state index in [0.29, 0.717) is 43.7 Å². The fraction of sp³-hybridized carbons (Fsp3) is 0.0345. The molecule has 3 aromatic heterocycles. The molecular weight excluding hydrogens is 565 g/mol. The average Bonchev–Trinajstić information content (AvgIpc) is 3.32. The number of fused-ring (bicyclic) bond motifs is 2. The molecule has 0 atom stereocenters. The maximum absolute atomic E-state index is 14.9. The molecule has 0 spiro atoms. The highest BCUT2D eigenvalue weighted by Gasteiger charge is 2.18. The van der Waals surface area contributed by atoms with E-state index in [9.17, 15) is 14.0 Å². The van der Waals surface area contributed by atoms with Gasteiger partial charge in [-0.05, 0) is 54.6 Å². The number of imidazole rings is 1. The molecule has 1 N–H and O–H groups in total. The molecule has 0 aliphatic heterocycles. The number of amides is 1. The number of nitrogens with one attached hydrogen (secondary N) is 1. The third-order valence-electron chi connectivity index (χ3n) is 6.23. The minimum Gasteiger partial charge on any atom is -0.455 e. The van der Waals surface area contributed by atoms with E-state index in [-0.39, 0.29) is 11.3 Å². The highest BCUT2D eigenvalue weighted by molar-refractivity contribution is 9.10. The van der Waals surface area contributed by atoms with E-state index in [0.717, 1.165) is 0 Å². The summed E-state index contributed by atoms with van der Waals surface area (Å²) in [6.45, 7) is 0. The van der Waals surface area contributed by atoms with Crippen molar-refractivity contribution in [2.75, 3.05) is 5.32 Å². The predicted molar refractivity (Wildman–Crippen MR) is 150 cm³/mol. The standard InChI is InChI=1S/C29H19BrFN5O3/c1-35-16-33-26-25(12-13-32-28(26)35)39-19-9-7-18(8-10-19)34-29(38)21-15-36(24-11-6-17(30)14-22(24)31)23-5-3-2-4-20(23)27(21)37/h2-16H,1H3,(H,34,38). The Labute approximate surface area is 229 Å². The van der Waals surface area contributed by atoms with E-state index in [1.54, 1.807) is 83.8 Å². The molecule has 8 nitrogen and oxygen atoms in total. The first-order valence-corrected chi connectivity index (χ1v) is 12.6. The van der Waals surface area contributed by atoms with Gasteiger partial charge in [0.05, 0.1) is 17.5 Å². The summed E-state index contributed by atoms with van der Waals surface area (Å²) in [6.07, 6.45) is 4.67. The van der Waals surface area contributed by atoms with E-state index in [1.807, 2.05) is 7.05 Å². The summed E-state index contributed by atoms with van der Waals surface area (Å²) >= 11 is 3.26. The maximum Gasteiger partial charge on any atom is 0.261 e. The SMILES string of the molecule is Cn1cnc2c(Oc3ccc(NC(=O)c4cn(-c5ccc(Br)cc5F)c5ccccc5c4=O)cc3)ccnc21. The molecule has 39 heavy (non-hydrogen) atoms. The Morgan fingerprint density at radius 2 is 1.82 bits per heavy atom. The number of aryl methyl sites for hydroxylation is 1. The minimum absolute atomic E-state index is 0.120. The molecule has 0 saturated carbocycles. The summed E-state index contributed by atoms with van der Waals surface area (Å²) in [7, 11) is 1.85. The topological polar surface area (TPSA) is 91.0 Å². The number of hydrogen-bond acceptors (Lipinski definition) is 5. The van der Waals surface area contributed by atoms with Crippen LogP contribution in [0, 0.1) is 5.82 Å². The van der Waals surface area contributed by atoms with Gasteiger partial charge >= 0.3 is 0 Å². The fourth-order valence-electron chi connectivity index (χ4n) is 4.33. The van der Waals surface area contributed by atoms with Gasteiger partial charge in [-0.2, -0.15) is 0 Å². The summed E-state index contributed by atoms with van der Waals surface area (Å²) in [5.41, 5.74) is 1.91. The molecule has 0 bridgehead atoms. The van der Waals surface area contributed by atoms with Crippen LogP contribution in [0.1, 0.15) is 10.4 Å². The van der Waals surface area contributed by atoms with Crippen LogP contribution in [0.4, 0.5) is 10.1 Å². The van der Waals surface area contributed by atoms with Crippen molar-refractivity contribution in [1.82, 2.24) is 19.1 Å². The third-order valence-corrected chi connectivity index (χ3v) is 6.72. The van der Waals surface area contributed by atoms with Crippen molar-refractivity contribution in [3.8, 4) is 17.2 Å². The van der Waals surface area contributed by atoms with Gasteiger partial charge < -0.3 is 19.2 Å². The molecule has 192 valence electrons. The number of halogens is 2. The van der Waals surface area contributed by atoms with E-state index < -0.39 is 17.2 Å². The Kier molecular flexibility index (Phi) is 6.16. The Morgan fingerprint density at radius 1 is 1.03 bits per heavy atom. The van der Waals surface area contributed by atoms with Crippen LogP contribution >= 0.6 is 15.9 Å². The summed E-state index contributed by atoms with van der Waals surface area (Å²) in [6, 6.07) is 19.8. The van der Waals surface area contributed by atoms with E-state index >= 15 is 0 Å². The number of anilines is 1. The van der Waals surface area contributed by atoms with Gasteiger partial charge in [-0.15, -0.1) is 0 Å². The molecule has 3 aromatic carbocycles. The summed E-state index contributed by atoms with van der Waals surface area (Å²) in [5.74, 6) is -0.0356. The van der Waals surface area contributed by atoms with Crippen molar-refractivity contribution in [1.29, 1.82) is 0 Å². The largest absolute Gasteiger partial charge is 0.455 e. The number of para-hydroxylation sites is 1. The molecule has 6 aromatic rings. The third kappa shape index (κ3) is 4.55. The van der Waals surface area contributed by atoms with Crippen LogP contribution < -0.4 is 15.5 Å². The molecule has 0 fully saturated rings. The van der Waals surface area contributed by atoms with Crippen LogP contribution in [0.2, 0.25) is 0 Å². The number of rotatable bonds is 5. The lowest BCUT2D eigenvalue weighted by Crippen LogP contribution is -2.23. The zero-order chi connectivity index (χ0) is 27.1. The van der Waals surface area contributed by atoms with Gasteiger partial charge in [0.1, 0.15) is 17.1 Å². The van der Waals surface area contributed by atoms with Crippen LogP contribution in [0.3, 0.4) is 0 Å². The summed E-state index contributed by atoms with van der Waals surface area (Å²) < 4.78 is 24.7. The number of aromatic nitrogens is 4. The van der Waals surface area contributed by atoms with Crippen LogP contribution in [0.15, 0.2) is 101 Å². The maximum atomic E-state index is 14.9. The Bertz CT molecular complexity index is 1950. The van der Waals surface area contributed by atoms with Crippen molar-refractivity contribution in [3.63, 3.8) is 0 Å². The number of hydrogen-bond donors (Lipinski definition) is 1. The molecule has 0 saturated heterocycles. The van der Waals surface area contributed by atoms with Gasteiger partial charge in [-0.1, -0.05) is 28.1 Å². The Balaban J connectivity index is 1.30. The second-order valence-electron chi connectivity index (χ2n) is 8.77. The van der Waals surface area contributed by atoms with Crippen LogP contribution in [-0.2, 0) is 7.05 Å². The van der Waals surface area contributed by atoms with Crippen LogP contribution in [-0.4, -0.2) is 25.0 Å². The minimum atomic E-state index is -0.616. The van der Waals surface area contributed by atoms with Crippen molar-refractivity contribution < 1.29 is 13.9 Å². The van der Waals surface area contributed by atoms with Gasteiger partial charge in [0.15, 0.2) is 16.9 Å². The molecule has 6 rings (SSSR count). The van der Waals surface area contributed by atoms with Gasteiger partial charge in [0.2, 0.25) is 5.43 Å². The first-order chi connectivity index (χ1) is 18.9. The van der Waals surface area contributed by atoms with E-state index in [4.69, 9.17) is 4.74 Å². The summed E-state index contributed by atoms with van der Waals surface area (Å²) in [4.78, 5) is 35.1. The lowest BCUT2D eigenvalue weighted by molar-refractivity contribution is 0.102. The van der Waals surface area contributed by atoms with Crippen molar-refractivity contribution in [3.05, 3.63) is 118 Å². The molecule has 3 heterocycles. The van der Waals surface area contributed by atoms with Crippen LogP contribution in [0.5, 0.6) is 11.5 Å². The van der Waals surface area contributed by atoms with Gasteiger partial charge in [-0.25, -0.2) is 14.4 Å². The smallest absolute Gasteiger partial charge is 0.261 e. The van der Waals surface area contributed by atoms with Gasteiger partial charge in [0.25, 0.3) is 5.91 Å². The lowest BCUT2D eigenvalue weighted by Gasteiger charge is -2.15. The zero-order valence-corrected chi connectivity index (χ0v) is 22.0. The van der Waals surface area contributed by atoms with Gasteiger partial charge in [0, 0.05) is 41.1 Å². The first kappa shape index (κ1) is 24.5. The van der Waals surface area contributed by atoms with Crippen LogP contribution in [0.25, 0.3) is 27.8 Å². The average molecular weight is 584 g/mol. The predicted octanol–water partition coefficient (Wildman–Crippen LogP) is 6.22. The summed E-state index contributed by atoms with van der Waals surface area (Å²) in [5, 5.41) is 3.06. The number of benzene rings is 3. The first-order valence-electron chi connectivity index (χ1n) is 11.8. The second-order valence-corrected chi connectivity index (χ2v) is 9.69. The number of nitrogens with zero attached hydrogens (tertiary/aromatic N) is 4. The Morgan fingerprint density at radius 3 is 2.62 bits per heavy atom. The molecule has 1 amide bonds. The number of carbonyl (C=O) groups excluding carboxylic acids is 1.